The second-order valence-corrected chi connectivity index (χ2v) is 11.9. The number of nitrogens with zero attached hydrogens (tertiary/aromatic N) is 1. The van der Waals surface area contributed by atoms with Crippen LogP contribution in [0.2, 0.25) is 0 Å². The Hall–Kier alpha value is -2.86. The molecule has 2 aromatic carbocycles. The van der Waals surface area contributed by atoms with Crippen LogP contribution in [0, 0.1) is 12.7 Å². The van der Waals surface area contributed by atoms with Crippen molar-refractivity contribution in [2.24, 2.45) is 0 Å². The fourth-order valence-electron chi connectivity index (χ4n) is 4.60. The van der Waals surface area contributed by atoms with Crippen LogP contribution in [-0.4, -0.2) is 38.3 Å². The topological polar surface area (TPSA) is 108 Å². The number of halogens is 1. The van der Waals surface area contributed by atoms with Crippen LogP contribution in [0.15, 0.2) is 54.6 Å². The van der Waals surface area contributed by atoms with Crippen molar-refractivity contribution in [3.63, 3.8) is 0 Å². The maximum Gasteiger partial charge on any atom is 0.305 e. The Morgan fingerprint density at radius 2 is 1.74 bits per heavy atom. The molecule has 1 aliphatic carbocycles. The SMILES string of the molecule is Cc1c(-c2ccccc2)nc(C2CC2)c(C(C)P(=O)(O)C[C@@H](O)CC(=O)O)c1-c1ccc(F)cc1. The Morgan fingerprint density at radius 3 is 2.31 bits per heavy atom. The van der Waals surface area contributed by atoms with Crippen molar-refractivity contribution in [1.29, 1.82) is 0 Å². The smallest absolute Gasteiger partial charge is 0.305 e. The molecule has 8 heteroatoms. The highest BCUT2D eigenvalue weighted by molar-refractivity contribution is 7.58. The Kier molecular flexibility index (Phi) is 7.22. The predicted molar refractivity (Wildman–Crippen MR) is 133 cm³/mol. The van der Waals surface area contributed by atoms with Crippen LogP contribution in [0.3, 0.4) is 0 Å². The summed E-state index contributed by atoms with van der Waals surface area (Å²) in [5.41, 5.74) is 4.37. The molecule has 0 amide bonds. The number of aliphatic hydroxyl groups is 1. The summed E-state index contributed by atoms with van der Waals surface area (Å²) in [5.74, 6) is -1.48. The number of hydrogen-bond donors (Lipinski definition) is 3. The standard InChI is InChI=1S/C27H29FNO5P/c1-16-24(18-10-12-21(28)13-11-18)25(17(2)35(33,34)15-22(30)14-23(31)32)27(20-8-9-20)29-26(16)19-6-4-3-5-7-19/h3-7,10-13,17,20,22,30H,8-9,14-15H2,1-2H3,(H,31,32)(H,33,34)/t17?,22-/m0/s1. The number of aromatic nitrogens is 1. The molecular weight excluding hydrogens is 468 g/mol. The maximum atomic E-state index is 13.8. The summed E-state index contributed by atoms with van der Waals surface area (Å²) in [6.45, 7) is 3.54. The van der Waals surface area contributed by atoms with Crippen LogP contribution < -0.4 is 0 Å². The van der Waals surface area contributed by atoms with E-state index in [0.29, 0.717) is 11.1 Å². The number of aliphatic carboxylic acids is 1. The molecule has 35 heavy (non-hydrogen) atoms. The summed E-state index contributed by atoms with van der Waals surface area (Å²) in [6.07, 6.45) is -0.773. The third-order valence-electron chi connectivity index (χ3n) is 6.56. The summed E-state index contributed by atoms with van der Waals surface area (Å²) in [7, 11) is -4.05. The number of carboxylic acid groups (broad SMARTS) is 1. The van der Waals surface area contributed by atoms with Gasteiger partial charge in [0.05, 0.1) is 30.0 Å². The number of carbonyl (C=O) groups is 1. The number of pyridine rings is 1. The van der Waals surface area contributed by atoms with Crippen LogP contribution in [0.25, 0.3) is 22.4 Å². The second-order valence-electron chi connectivity index (χ2n) is 9.27. The van der Waals surface area contributed by atoms with Crippen molar-refractivity contribution in [2.45, 2.75) is 50.8 Å². The van der Waals surface area contributed by atoms with E-state index in [0.717, 1.165) is 40.9 Å². The molecule has 1 aromatic heterocycles. The molecule has 184 valence electrons. The van der Waals surface area contributed by atoms with E-state index in [2.05, 4.69) is 0 Å². The highest BCUT2D eigenvalue weighted by Crippen LogP contribution is 2.60. The molecule has 1 heterocycles. The fraction of sp³-hybridized carbons (Fsp3) is 0.333. The Morgan fingerprint density at radius 1 is 1.11 bits per heavy atom. The molecule has 0 bridgehead atoms. The van der Waals surface area contributed by atoms with E-state index >= 15 is 0 Å². The van der Waals surface area contributed by atoms with Gasteiger partial charge in [0, 0.05) is 17.2 Å². The fourth-order valence-corrected chi connectivity index (χ4v) is 6.31. The third-order valence-corrected chi connectivity index (χ3v) is 8.97. The molecule has 6 nitrogen and oxygen atoms in total. The Balaban J connectivity index is 1.93. The first-order chi connectivity index (χ1) is 16.6. The summed E-state index contributed by atoms with van der Waals surface area (Å²) in [5, 5.41) is 19.1. The van der Waals surface area contributed by atoms with Gasteiger partial charge in [-0.2, -0.15) is 0 Å². The van der Waals surface area contributed by atoms with E-state index < -0.39 is 37.7 Å². The highest BCUT2D eigenvalue weighted by atomic mass is 31.2. The maximum absolute atomic E-state index is 13.8. The van der Waals surface area contributed by atoms with Crippen LogP contribution in [0.1, 0.15) is 54.6 Å². The normalized spacial score (nSPS) is 16.9. The van der Waals surface area contributed by atoms with Crippen LogP contribution in [-0.2, 0) is 9.36 Å². The van der Waals surface area contributed by atoms with Gasteiger partial charge in [-0.25, -0.2) is 4.39 Å². The summed E-state index contributed by atoms with van der Waals surface area (Å²) >= 11 is 0. The molecule has 0 aliphatic heterocycles. The van der Waals surface area contributed by atoms with Crippen molar-refractivity contribution in [3.05, 3.63) is 77.2 Å². The van der Waals surface area contributed by atoms with Gasteiger partial charge in [-0.05, 0) is 61.1 Å². The molecule has 0 radical (unpaired) electrons. The van der Waals surface area contributed by atoms with Gasteiger partial charge in [-0.15, -0.1) is 0 Å². The van der Waals surface area contributed by atoms with Crippen LogP contribution in [0.4, 0.5) is 4.39 Å². The van der Waals surface area contributed by atoms with E-state index in [9.17, 15) is 23.7 Å². The monoisotopic (exact) mass is 497 g/mol. The first-order valence-corrected chi connectivity index (χ1v) is 13.6. The van der Waals surface area contributed by atoms with Gasteiger partial charge in [0.15, 0.2) is 0 Å². The van der Waals surface area contributed by atoms with Crippen molar-refractivity contribution in [1.82, 2.24) is 4.98 Å². The average molecular weight is 498 g/mol. The predicted octanol–water partition coefficient (Wildman–Crippen LogP) is 5.91. The number of carboxylic acids is 1. The molecule has 0 saturated heterocycles. The minimum atomic E-state index is -4.05. The number of aliphatic hydroxyl groups excluding tert-OH is 1. The molecule has 4 rings (SSSR count). The first-order valence-electron chi connectivity index (χ1n) is 11.7. The van der Waals surface area contributed by atoms with Gasteiger partial charge < -0.3 is 15.1 Å². The van der Waals surface area contributed by atoms with Crippen LogP contribution >= 0.6 is 7.37 Å². The molecule has 1 aliphatic rings. The molecule has 3 N–H and O–H groups in total. The molecular formula is C27H29FNO5P. The minimum absolute atomic E-state index is 0.138. The second kappa shape index (κ2) is 10.0. The number of rotatable bonds is 9. The Labute approximate surface area is 203 Å². The van der Waals surface area contributed by atoms with E-state index in [-0.39, 0.29) is 11.7 Å². The highest BCUT2D eigenvalue weighted by Gasteiger charge is 2.39. The lowest BCUT2D eigenvalue weighted by atomic mass is 9.88. The van der Waals surface area contributed by atoms with Gasteiger partial charge in [-0.1, -0.05) is 42.5 Å². The van der Waals surface area contributed by atoms with E-state index in [4.69, 9.17) is 10.1 Å². The molecule has 1 saturated carbocycles. The lowest BCUT2D eigenvalue weighted by Gasteiger charge is -2.28. The zero-order valence-corrected chi connectivity index (χ0v) is 20.6. The van der Waals surface area contributed by atoms with Gasteiger partial charge in [-0.3, -0.25) is 14.3 Å². The lowest BCUT2D eigenvalue weighted by Crippen LogP contribution is -2.19. The zero-order valence-electron chi connectivity index (χ0n) is 19.7. The van der Waals surface area contributed by atoms with Crippen molar-refractivity contribution in [2.75, 3.05) is 6.16 Å². The molecule has 3 atom stereocenters. The minimum Gasteiger partial charge on any atom is -0.481 e. The summed E-state index contributed by atoms with van der Waals surface area (Å²) < 4.78 is 27.3. The molecule has 0 spiro atoms. The van der Waals surface area contributed by atoms with Crippen molar-refractivity contribution < 1.29 is 28.9 Å². The van der Waals surface area contributed by atoms with E-state index in [1.54, 1.807) is 19.1 Å². The van der Waals surface area contributed by atoms with E-state index in [1.807, 2.05) is 37.3 Å². The first kappa shape index (κ1) is 25.2. The lowest BCUT2D eigenvalue weighted by molar-refractivity contribution is -0.138. The summed E-state index contributed by atoms with van der Waals surface area (Å²) in [4.78, 5) is 27.1. The van der Waals surface area contributed by atoms with E-state index in [1.165, 1.54) is 12.1 Å². The van der Waals surface area contributed by atoms with Crippen LogP contribution in [0.5, 0.6) is 0 Å². The quantitative estimate of drug-likeness (QED) is 0.317. The molecule has 1 fully saturated rings. The average Bonchev–Trinajstić information content (AvgIpc) is 3.64. The van der Waals surface area contributed by atoms with Gasteiger partial charge in [0.1, 0.15) is 5.82 Å². The Bertz CT molecular complexity index is 1270. The van der Waals surface area contributed by atoms with Crippen molar-refractivity contribution >= 4 is 13.3 Å². The van der Waals surface area contributed by atoms with Gasteiger partial charge >= 0.3 is 5.97 Å². The largest absolute Gasteiger partial charge is 0.481 e. The number of hydrogen-bond acceptors (Lipinski definition) is 4. The molecule has 3 aromatic rings. The van der Waals surface area contributed by atoms with Gasteiger partial charge in [0.25, 0.3) is 0 Å². The zero-order chi connectivity index (χ0) is 25.3. The van der Waals surface area contributed by atoms with Gasteiger partial charge in [0.2, 0.25) is 7.37 Å². The molecule has 2 unspecified atom stereocenters. The number of benzene rings is 2. The van der Waals surface area contributed by atoms with Crippen molar-refractivity contribution in [3.8, 4) is 22.4 Å². The summed E-state index contributed by atoms with van der Waals surface area (Å²) in [6, 6.07) is 15.7. The third kappa shape index (κ3) is 5.53.